The summed E-state index contributed by atoms with van der Waals surface area (Å²) in [5.74, 6) is 0. The highest BCUT2D eigenvalue weighted by Gasteiger charge is 2.62. The van der Waals surface area contributed by atoms with Crippen LogP contribution in [0.4, 0.5) is 0 Å². The molecule has 2 heteroatoms. The molecule has 2 aromatic carbocycles. The van der Waals surface area contributed by atoms with Crippen LogP contribution in [0.2, 0.25) is 5.04 Å². The summed E-state index contributed by atoms with van der Waals surface area (Å²) in [6, 6.07) is 22.4. The van der Waals surface area contributed by atoms with Gasteiger partial charge in [-0.2, -0.15) is 0 Å². The Bertz CT molecular complexity index is 605. The molecule has 3 rings (SSSR count). The molecule has 24 heavy (non-hydrogen) atoms. The van der Waals surface area contributed by atoms with Crippen molar-refractivity contribution in [2.45, 2.75) is 63.8 Å². The van der Waals surface area contributed by atoms with Gasteiger partial charge in [-0.1, -0.05) is 112 Å². The first-order chi connectivity index (χ1) is 11.5. The molecule has 2 atom stereocenters. The van der Waals surface area contributed by atoms with Crippen molar-refractivity contribution in [1.29, 1.82) is 0 Å². The Morgan fingerprint density at radius 2 is 1.38 bits per heavy atom. The lowest BCUT2D eigenvalue weighted by molar-refractivity contribution is 0.378. The van der Waals surface area contributed by atoms with Gasteiger partial charge in [-0.15, -0.1) is 0 Å². The first-order valence-corrected chi connectivity index (χ1v) is 11.4. The molecule has 1 saturated heterocycles. The van der Waals surface area contributed by atoms with Crippen molar-refractivity contribution in [3.63, 3.8) is 0 Å². The van der Waals surface area contributed by atoms with E-state index in [0.29, 0.717) is 11.8 Å². The van der Waals surface area contributed by atoms with Gasteiger partial charge in [0.1, 0.15) is 0 Å². The zero-order valence-electron chi connectivity index (χ0n) is 15.5. The molecule has 0 saturated carbocycles. The third-order valence-electron chi connectivity index (χ3n) is 5.49. The Morgan fingerprint density at radius 3 is 1.79 bits per heavy atom. The largest absolute Gasteiger partial charge is 0.372 e. The number of unbranched alkanes of at least 4 members (excludes halogenated alkanes) is 1. The highest BCUT2D eigenvalue weighted by Crippen LogP contribution is 2.46. The van der Waals surface area contributed by atoms with Gasteiger partial charge in [-0.25, -0.2) is 0 Å². The van der Waals surface area contributed by atoms with Crippen molar-refractivity contribution in [1.82, 2.24) is 0 Å². The molecule has 0 aromatic heterocycles. The van der Waals surface area contributed by atoms with Crippen LogP contribution in [0.1, 0.15) is 47.0 Å². The Kier molecular flexibility index (Phi) is 4.98. The maximum atomic E-state index is 6.38. The minimum absolute atomic E-state index is 0.196. The molecule has 2 unspecified atom stereocenters. The first-order valence-electron chi connectivity index (χ1n) is 9.28. The highest BCUT2D eigenvalue weighted by atomic mass is 28.3. The highest BCUT2D eigenvalue weighted by molar-refractivity contribution is 7.05. The Morgan fingerprint density at radius 1 is 0.875 bits per heavy atom. The van der Waals surface area contributed by atoms with E-state index in [1.807, 2.05) is 0 Å². The molecule has 2 aromatic rings. The molecule has 0 aliphatic carbocycles. The number of hydrogen-bond acceptors (Lipinski definition) is 1. The van der Waals surface area contributed by atoms with E-state index in [1.54, 1.807) is 0 Å². The van der Waals surface area contributed by atoms with Crippen molar-refractivity contribution in [3.8, 4) is 0 Å². The molecule has 1 aliphatic heterocycles. The van der Waals surface area contributed by atoms with Crippen LogP contribution in [-0.4, -0.2) is 19.9 Å². The van der Waals surface area contributed by atoms with E-state index in [4.69, 9.17) is 4.74 Å². The topological polar surface area (TPSA) is 12.5 Å². The van der Waals surface area contributed by atoms with Crippen molar-refractivity contribution >= 4 is 18.4 Å². The van der Waals surface area contributed by atoms with E-state index in [9.17, 15) is 0 Å². The van der Waals surface area contributed by atoms with Gasteiger partial charge in [0.2, 0.25) is 0 Å². The molecular weight excluding hydrogens is 308 g/mol. The summed E-state index contributed by atoms with van der Waals surface area (Å²) in [4.78, 5) is 0. The van der Waals surface area contributed by atoms with Gasteiger partial charge < -0.3 is 4.74 Å². The van der Waals surface area contributed by atoms with Gasteiger partial charge in [0.05, 0.1) is 11.8 Å². The van der Waals surface area contributed by atoms with Gasteiger partial charge in [0.25, 0.3) is 0 Å². The first kappa shape index (κ1) is 17.4. The fraction of sp³-hybridized carbons (Fsp3) is 0.455. The van der Waals surface area contributed by atoms with Crippen LogP contribution in [0.3, 0.4) is 0 Å². The summed E-state index contributed by atoms with van der Waals surface area (Å²) >= 11 is 0. The lowest BCUT2D eigenvalue weighted by Gasteiger charge is -2.43. The van der Waals surface area contributed by atoms with Gasteiger partial charge in [-0.3, -0.25) is 0 Å². The molecule has 0 N–H and O–H groups in total. The van der Waals surface area contributed by atoms with E-state index in [0.717, 1.165) is 0 Å². The van der Waals surface area contributed by atoms with E-state index < -0.39 is 8.07 Å². The molecule has 1 fully saturated rings. The summed E-state index contributed by atoms with van der Waals surface area (Å²) in [7, 11) is -2.05. The van der Waals surface area contributed by atoms with E-state index in [1.165, 1.54) is 29.6 Å². The molecule has 1 aliphatic rings. The SMILES string of the molecule is CCCCC1OC1[Si](c1ccccc1)(c1ccccc1)C(C)(C)C. The second kappa shape index (κ2) is 6.85. The Hall–Kier alpha value is -1.38. The predicted molar refractivity (Wildman–Crippen MR) is 106 cm³/mol. The number of epoxide rings is 1. The standard InChI is InChI=1S/C22H30OSi/c1-5-6-17-20-21(23-20)24(22(2,3)4,18-13-9-7-10-14-18)19-15-11-8-12-16-19/h7-16,20-21H,5-6,17H2,1-4H3. The predicted octanol–water partition coefficient (Wildman–Crippen LogP) is 4.55. The van der Waals surface area contributed by atoms with Gasteiger partial charge >= 0.3 is 0 Å². The second-order valence-corrected chi connectivity index (χ2v) is 12.9. The van der Waals surface area contributed by atoms with Crippen LogP contribution < -0.4 is 10.4 Å². The zero-order valence-corrected chi connectivity index (χ0v) is 16.5. The van der Waals surface area contributed by atoms with Crippen molar-refractivity contribution in [2.75, 3.05) is 0 Å². The van der Waals surface area contributed by atoms with Crippen molar-refractivity contribution < 1.29 is 4.74 Å². The lowest BCUT2D eigenvalue weighted by Crippen LogP contribution is -2.69. The summed E-state index contributed by atoms with van der Waals surface area (Å²) in [5, 5.41) is 3.21. The Balaban J connectivity index is 2.13. The number of rotatable bonds is 6. The van der Waals surface area contributed by atoms with Crippen molar-refractivity contribution in [2.24, 2.45) is 0 Å². The second-order valence-electron chi connectivity index (χ2n) is 8.03. The van der Waals surface area contributed by atoms with Crippen LogP contribution in [-0.2, 0) is 4.74 Å². The number of hydrogen-bond donors (Lipinski definition) is 0. The molecule has 0 bridgehead atoms. The minimum atomic E-state index is -2.05. The Labute approximate surface area is 148 Å². The lowest BCUT2D eigenvalue weighted by atomic mass is 10.2. The monoisotopic (exact) mass is 338 g/mol. The third-order valence-corrected chi connectivity index (χ3v) is 11.7. The molecule has 1 heterocycles. The smallest absolute Gasteiger partial charge is 0.157 e. The molecule has 0 spiro atoms. The molecule has 0 amide bonds. The van der Waals surface area contributed by atoms with Gasteiger partial charge in [-0.05, 0) is 11.5 Å². The third kappa shape index (κ3) is 2.98. The average molecular weight is 339 g/mol. The van der Waals surface area contributed by atoms with E-state index in [-0.39, 0.29) is 5.04 Å². The van der Waals surface area contributed by atoms with Crippen LogP contribution in [0, 0.1) is 0 Å². The van der Waals surface area contributed by atoms with Crippen LogP contribution >= 0.6 is 0 Å². The van der Waals surface area contributed by atoms with Crippen LogP contribution in [0.5, 0.6) is 0 Å². The zero-order chi connectivity index (χ0) is 17.2. The maximum absolute atomic E-state index is 6.38. The molecular formula is C22H30OSi. The quantitative estimate of drug-likeness (QED) is 0.556. The fourth-order valence-corrected chi connectivity index (χ4v) is 10.5. The summed E-state index contributed by atoms with van der Waals surface area (Å²) < 4.78 is 6.38. The molecule has 128 valence electrons. The van der Waals surface area contributed by atoms with Gasteiger partial charge in [0, 0.05) is 0 Å². The fourth-order valence-electron chi connectivity index (χ4n) is 4.34. The number of ether oxygens (including phenoxy) is 1. The van der Waals surface area contributed by atoms with Crippen LogP contribution in [0.15, 0.2) is 60.7 Å². The van der Waals surface area contributed by atoms with E-state index >= 15 is 0 Å². The van der Waals surface area contributed by atoms with Crippen LogP contribution in [0.25, 0.3) is 0 Å². The van der Waals surface area contributed by atoms with Gasteiger partial charge in [0.15, 0.2) is 8.07 Å². The van der Waals surface area contributed by atoms with E-state index in [2.05, 4.69) is 88.4 Å². The maximum Gasteiger partial charge on any atom is 0.157 e. The summed E-state index contributed by atoms with van der Waals surface area (Å²) in [6.45, 7) is 9.51. The summed E-state index contributed by atoms with van der Waals surface area (Å²) in [5.41, 5.74) is 0.397. The normalized spacial score (nSPS) is 20.8. The minimum Gasteiger partial charge on any atom is -0.372 e. The van der Waals surface area contributed by atoms with Crippen molar-refractivity contribution in [3.05, 3.63) is 60.7 Å². The molecule has 1 nitrogen and oxygen atoms in total. The molecule has 0 radical (unpaired) electrons. The number of benzene rings is 2. The average Bonchev–Trinajstić information content (AvgIpc) is 3.34. The summed E-state index contributed by atoms with van der Waals surface area (Å²) in [6.07, 6.45) is 4.15.